The smallest absolute Gasteiger partial charge is 0.0258 e. The molecule has 1 aliphatic rings. The van der Waals surface area contributed by atoms with Crippen molar-refractivity contribution in [2.24, 2.45) is 0 Å². The summed E-state index contributed by atoms with van der Waals surface area (Å²) in [5.41, 5.74) is 1.44. The van der Waals surface area contributed by atoms with E-state index >= 15 is 0 Å². The predicted molar refractivity (Wildman–Crippen MR) is 64.0 cm³/mol. The number of nitrogens with zero attached hydrogens (tertiary/aromatic N) is 1. The van der Waals surface area contributed by atoms with E-state index in [-0.39, 0.29) is 0 Å². The molecule has 2 heteroatoms. The number of nitrogens with one attached hydrogen (secondary N) is 1. The molecule has 82 valence electrons. The van der Waals surface area contributed by atoms with Gasteiger partial charge in [-0.15, -0.1) is 0 Å². The first-order chi connectivity index (χ1) is 7.25. The zero-order valence-corrected chi connectivity index (χ0v) is 9.61. The van der Waals surface area contributed by atoms with Gasteiger partial charge in [0, 0.05) is 25.2 Å². The molecule has 1 aliphatic heterocycles. The minimum Gasteiger partial charge on any atom is -0.311 e. The second-order valence-electron chi connectivity index (χ2n) is 4.59. The van der Waals surface area contributed by atoms with Crippen molar-refractivity contribution in [2.75, 3.05) is 20.1 Å². The topological polar surface area (TPSA) is 15.3 Å². The molecule has 0 unspecified atom stereocenters. The SMILES string of the molecule is C[C@@H]1CN(C)[C@@H](Cc2ccccc2)CN1. The highest BCUT2D eigenvalue weighted by atomic mass is 15.2. The normalized spacial score (nSPS) is 27.9. The molecule has 1 saturated heterocycles. The summed E-state index contributed by atoms with van der Waals surface area (Å²) in [6, 6.07) is 12.0. The van der Waals surface area contributed by atoms with E-state index in [1.165, 1.54) is 5.56 Å². The maximum atomic E-state index is 3.54. The van der Waals surface area contributed by atoms with Gasteiger partial charge in [0.05, 0.1) is 0 Å². The Bertz CT molecular complexity index is 297. The first kappa shape index (κ1) is 10.7. The molecule has 0 radical (unpaired) electrons. The number of benzene rings is 1. The highest BCUT2D eigenvalue weighted by Crippen LogP contribution is 2.10. The molecule has 1 N–H and O–H groups in total. The molecule has 0 bridgehead atoms. The van der Waals surface area contributed by atoms with Gasteiger partial charge < -0.3 is 10.2 Å². The van der Waals surface area contributed by atoms with Crippen LogP contribution in [-0.4, -0.2) is 37.1 Å². The summed E-state index contributed by atoms with van der Waals surface area (Å²) >= 11 is 0. The summed E-state index contributed by atoms with van der Waals surface area (Å²) in [5.74, 6) is 0. The minimum atomic E-state index is 0.627. The number of rotatable bonds is 2. The lowest BCUT2D eigenvalue weighted by atomic mass is 10.0. The summed E-state index contributed by atoms with van der Waals surface area (Å²) in [4.78, 5) is 2.47. The van der Waals surface area contributed by atoms with E-state index in [1.54, 1.807) is 0 Å². The minimum absolute atomic E-state index is 0.627. The van der Waals surface area contributed by atoms with Gasteiger partial charge in [-0.3, -0.25) is 0 Å². The van der Waals surface area contributed by atoms with E-state index in [0.29, 0.717) is 12.1 Å². The van der Waals surface area contributed by atoms with Crippen molar-refractivity contribution >= 4 is 0 Å². The van der Waals surface area contributed by atoms with Crippen LogP contribution in [0.5, 0.6) is 0 Å². The van der Waals surface area contributed by atoms with Crippen molar-refractivity contribution < 1.29 is 0 Å². The standard InChI is InChI=1S/C13H20N2/c1-11-10-15(2)13(9-14-11)8-12-6-4-3-5-7-12/h3-7,11,13-14H,8-10H2,1-2H3/t11-,13+/m1/s1. The predicted octanol–water partition coefficient (Wildman–Crippen LogP) is 1.52. The van der Waals surface area contributed by atoms with Crippen LogP contribution >= 0.6 is 0 Å². The third-order valence-corrected chi connectivity index (χ3v) is 3.20. The summed E-state index contributed by atoms with van der Waals surface area (Å²) in [5, 5.41) is 3.54. The van der Waals surface area contributed by atoms with Crippen LogP contribution in [0, 0.1) is 0 Å². The van der Waals surface area contributed by atoms with Gasteiger partial charge in [-0.1, -0.05) is 30.3 Å². The van der Waals surface area contributed by atoms with Crippen LogP contribution in [0.3, 0.4) is 0 Å². The maximum absolute atomic E-state index is 3.54. The molecule has 1 heterocycles. The van der Waals surface area contributed by atoms with Crippen LogP contribution in [0.1, 0.15) is 12.5 Å². The molecule has 1 aromatic carbocycles. The molecule has 0 spiro atoms. The van der Waals surface area contributed by atoms with E-state index < -0.39 is 0 Å². The van der Waals surface area contributed by atoms with E-state index in [2.05, 4.69) is 54.5 Å². The van der Waals surface area contributed by atoms with Gasteiger partial charge >= 0.3 is 0 Å². The fourth-order valence-corrected chi connectivity index (χ4v) is 2.25. The van der Waals surface area contributed by atoms with Crippen LogP contribution in [0.25, 0.3) is 0 Å². The molecule has 2 rings (SSSR count). The average molecular weight is 204 g/mol. The second kappa shape index (κ2) is 4.77. The summed E-state index contributed by atoms with van der Waals surface area (Å²) in [6.45, 7) is 4.50. The Kier molecular flexibility index (Phi) is 3.39. The molecule has 15 heavy (non-hydrogen) atoms. The van der Waals surface area contributed by atoms with E-state index in [4.69, 9.17) is 0 Å². The Balaban J connectivity index is 1.95. The molecule has 2 nitrogen and oxygen atoms in total. The lowest BCUT2D eigenvalue weighted by molar-refractivity contribution is 0.169. The van der Waals surface area contributed by atoms with Crippen LogP contribution < -0.4 is 5.32 Å². The largest absolute Gasteiger partial charge is 0.311 e. The monoisotopic (exact) mass is 204 g/mol. The second-order valence-corrected chi connectivity index (χ2v) is 4.59. The zero-order chi connectivity index (χ0) is 10.7. The van der Waals surface area contributed by atoms with Gasteiger partial charge in [-0.2, -0.15) is 0 Å². The van der Waals surface area contributed by atoms with Crippen molar-refractivity contribution in [3.8, 4) is 0 Å². The van der Waals surface area contributed by atoms with Crippen molar-refractivity contribution in [3.05, 3.63) is 35.9 Å². The summed E-state index contributed by atoms with van der Waals surface area (Å²) < 4.78 is 0. The molecule has 0 amide bonds. The number of hydrogen-bond acceptors (Lipinski definition) is 2. The Morgan fingerprint density at radius 1 is 1.33 bits per heavy atom. The molecule has 2 atom stereocenters. The van der Waals surface area contributed by atoms with Crippen LogP contribution in [-0.2, 0) is 6.42 Å². The number of likely N-dealkylation sites (N-methyl/N-ethyl adjacent to an activating group) is 1. The Labute approximate surface area is 92.3 Å². The summed E-state index contributed by atoms with van der Waals surface area (Å²) in [6.07, 6.45) is 1.15. The van der Waals surface area contributed by atoms with Crippen molar-refractivity contribution in [3.63, 3.8) is 0 Å². The van der Waals surface area contributed by atoms with Gasteiger partial charge in [0.2, 0.25) is 0 Å². The van der Waals surface area contributed by atoms with Crippen LogP contribution in [0.15, 0.2) is 30.3 Å². The highest BCUT2D eigenvalue weighted by Gasteiger charge is 2.22. The van der Waals surface area contributed by atoms with Gasteiger partial charge in [-0.25, -0.2) is 0 Å². The first-order valence-corrected chi connectivity index (χ1v) is 5.73. The quantitative estimate of drug-likeness (QED) is 0.786. The lowest BCUT2D eigenvalue weighted by Crippen LogP contribution is -2.54. The van der Waals surface area contributed by atoms with Crippen molar-refractivity contribution in [1.82, 2.24) is 10.2 Å². The third-order valence-electron chi connectivity index (χ3n) is 3.20. The number of piperazine rings is 1. The average Bonchev–Trinajstić information content (AvgIpc) is 2.24. The fraction of sp³-hybridized carbons (Fsp3) is 0.538. The fourth-order valence-electron chi connectivity index (χ4n) is 2.25. The molecular weight excluding hydrogens is 184 g/mol. The molecule has 1 fully saturated rings. The van der Waals surface area contributed by atoms with E-state index in [9.17, 15) is 0 Å². The molecule has 1 aromatic rings. The van der Waals surface area contributed by atoms with Crippen molar-refractivity contribution in [2.45, 2.75) is 25.4 Å². The van der Waals surface area contributed by atoms with E-state index in [1.807, 2.05) is 0 Å². The van der Waals surface area contributed by atoms with E-state index in [0.717, 1.165) is 19.5 Å². The molecule has 0 saturated carbocycles. The number of hydrogen-bond donors (Lipinski definition) is 1. The first-order valence-electron chi connectivity index (χ1n) is 5.73. The van der Waals surface area contributed by atoms with Gasteiger partial charge in [-0.05, 0) is 26.0 Å². The Hall–Kier alpha value is -0.860. The Morgan fingerprint density at radius 2 is 2.07 bits per heavy atom. The zero-order valence-electron chi connectivity index (χ0n) is 9.61. The molecule has 0 aliphatic carbocycles. The van der Waals surface area contributed by atoms with Gasteiger partial charge in [0.1, 0.15) is 0 Å². The lowest BCUT2D eigenvalue weighted by Gasteiger charge is -2.36. The Morgan fingerprint density at radius 3 is 2.73 bits per heavy atom. The van der Waals surface area contributed by atoms with Gasteiger partial charge in [0.15, 0.2) is 0 Å². The molecular formula is C13H20N2. The summed E-state index contributed by atoms with van der Waals surface area (Å²) in [7, 11) is 2.23. The van der Waals surface area contributed by atoms with Crippen molar-refractivity contribution in [1.29, 1.82) is 0 Å². The molecule has 0 aromatic heterocycles. The van der Waals surface area contributed by atoms with Crippen LogP contribution in [0.4, 0.5) is 0 Å². The van der Waals surface area contributed by atoms with Crippen LogP contribution in [0.2, 0.25) is 0 Å². The highest BCUT2D eigenvalue weighted by molar-refractivity contribution is 5.16. The van der Waals surface area contributed by atoms with Gasteiger partial charge in [0.25, 0.3) is 0 Å². The maximum Gasteiger partial charge on any atom is 0.0258 e. The third kappa shape index (κ3) is 2.80.